The zero-order chi connectivity index (χ0) is 63.0. The average Bonchev–Trinajstić information content (AvgIpc) is 0.778. The zero-order valence-corrected chi connectivity index (χ0v) is 51.8. The third-order valence-corrected chi connectivity index (χ3v) is 19.2. The van der Waals surface area contributed by atoms with E-state index in [9.17, 15) is 5.26 Å². The van der Waals surface area contributed by atoms with E-state index in [2.05, 4.69) is 323 Å². The molecule has 3 heterocycles. The number of aromatic nitrogens is 1. The lowest BCUT2D eigenvalue weighted by Gasteiger charge is -2.44. The molecule has 17 rings (SSSR count). The Labute approximate surface area is 548 Å². The second kappa shape index (κ2) is 22.8. The van der Waals surface area contributed by atoms with Gasteiger partial charge < -0.3 is 14.4 Å². The number of aryl methyl sites for hydroxylation is 2. The summed E-state index contributed by atoms with van der Waals surface area (Å²) in [7, 11) is 0. The summed E-state index contributed by atoms with van der Waals surface area (Å²) in [6, 6.07) is 117. The Morgan fingerprint density at radius 2 is 0.766 bits per heavy atom. The van der Waals surface area contributed by atoms with E-state index < -0.39 is 0 Å². The van der Waals surface area contributed by atoms with E-state index in [4.69, 9.17) is 6.57 Å². The average molecular weight is 1200 g/mol. The molecule has 1 aromatic heterocycles. The minimum Gasteiger partial charge on any atom is -0.311 e. The van der Waals surface area contributed by atoms with E-state index in [1.807, 2.05) is 32.0 Å². The molecule has 0 N–H and O–H groups in total. The number of anilines is 6. The molecule has 0 unspecified atom stereocenters. The molecule has 0 amide bonds. The maximum Gasteiger partial charge on any atom is 0.252 e. The number of nitriles is 1. The van der Waals surface area contributed by atoms with Gasteiger partial charge >= 0.3 is 0 Å². The van der Waals surface area contributed by atoms with E-state index in [0.717, 1.165) is 117 Å². The lowest BCUT2D eigenvalue weighted by atomic mass is 9.33. The lowest BCUT2D eigenvalue weighted by Crippen LogP contribution is -2.61. The van der Waals surface area contributed by atoms with Crippen molar-refractivity contribution in [3.8, 4) is 89.6 Å². The molecule has 15 aromatic rings. The third-order valence-electron chi connectivity index (χ3n) is 19.2. The monoisotopic (exact) mass is 1200 g/mol. The molecule has 0 saturated carbocycles. The smallest absolute Gasteiger partial charge is 0.252 e. The zero-order valence-electron chi connectivity index (χ0n) is 51.8. The molecule has 0 saturated heterocycles. The summed E-state index contributed by atoms with van der Waals surface area (Å²) in [5, 5.41) is 12.7. The summed E-state index contributed by atoms with van der Waals surface area (Å²) in [6.45, 7) is 12.4. The van der Waals surface area contributed by atoms with Crippen molar-refractivity contribution >= 4 is 84.7 Å². The Hall–Kier alpha value is -12.5. The fraction of sp³-hybridized carbons (Fsp3) is 0.0227. The van der Waals surface area contributed by atoms with Crippen LogP contribution in [0.25, 0.3) is 110 Å². The first-order valence-corrected chi connectivity index (χ1v) is 32.0. The van der Waals surface area contributed by atoms with Gasteiger partial charge in [-0.2, -0.15) is 5.26 Å². The van der Waals surface area contributed by atoms with Gasteiger partial charge in [-0.3, -0.25) is 0 Å². The third kappa shape index (κ3) is 9.39. The first-order chi connectivity index (χ1) is 46.3. The molecule has 0 atom stereocenters. The van der Waals surface area contributed by atoms with Gasteiger partial charge in [0.1, 0.15) is 0 Å². The first kappa shape index (κ1) is 55.6. The Kier molecular flexibility index (Phi) is 13.5. The van der Waals surface area contributed by atoms with Gasteiger partial charge in [0.05, 0.1) is 34.9 Å². The van der Waals surface area contributed by atoms with Gasteiger partial charge in [0.15, 0.2) is 5.69 Å². The van der Waals surface area contributed by atoms with E-state index in [0.29, 0.717) is 11.3 Å². The molecule has 6 heteroatoms. The SMILES string of the molecule is [C-]#[N+]c1cc(C)ccc1-c1cc(-c2ccc(C)cc2C#N)ccc1-n1c2ccccc2c2cc(-c3cc4c5c(c3)N(c3ccc(-c6ccccc6)cc3)c3ccc(-c6ccccc6)cc3B5c3cc(-c5ccccc5)ccc3N4c3ccc(-c4ccccc4)cc3)ccc21. The Morgan fingerprint density at radius 1 is 0.330 bits per heavy atom. The minimum absolute atomic E-state index is 0.161. The van der Waals surface area contributed by atoms with E-state index >= 15 is 0 Å². The van der Waals surface area contributed by atoms with Crippen molar-refractivity contribution < 1.29 is 0 Å². The minimum atomic E-state index is -0.161. The van der Waals surface area contributed by atoms with Crippen molar-refractivity contribution in [2.24, 2.45) is 0 Å². The molecule has 2 aliphatic rings. The molecule has 14 aromatic carbocycles. The van der Waals surface area contributed by atoms with Crippen molar-refractivity contribution in [2.75, 3.05) is 9.80 Å². The molecule has 94 heavy (non-hydrogen) atoms. The molecule has 5 nitrogen and oxygen atoms in total. The summed E-state index contributed by atoms with van der Waals surface area (Å²) < 4.78 is 2.37. The van der Waals surface area contributed by atoms with Crippen LogP contribution in [0.1, 0.15) is 16.7 Å². The number of nitrogens with zero attached hydrogens (tertiary/aromatic N) is 5. The van der Waals surface area contributed by atoms with Crippen molar-refractivity contribution in [1.29, 1.82) is 5.26 Å². The largest absolute Gasteiger partial charge is 0.311 e. The highest BCUT2D eigenvalue weighted by Gasteiger charge is 2.44. The number of benzene rings is 14. The number of rotatable bonds is 10. The van der Waals surface area contributed by atoms with Gasteiger partial charge in [-0.1, -0.05) is 236 Å². The van der Waals surface area contributed by atoms with Crippen LogP contribution in [0.2, 0.25) is 0 Å². The molecule has 2 aliphatic heterocycles. The second-order valence-electron chi connectivity index (χ2n) is 24.7. The Morgan fingerprint density at radius 3 is 1.31 bits per heavy atom. The lowest BCUT2D eigenvalue weighted by molar-refractivity contribution is 1.18. The molecule has 438 valence electrons. The fourth-order valence-corrected chi connectivity index (χ4v) is 14.7. The van der Waals surface area contributed by atoms with Crippen LogP contribution < -0.4 is 26.2 Å². The van der Waals surface area contributed by atoms with Gasteiger partial charge in [0.25, 0.3) is 6.71 Å². The van der Waals surface area contributed by atoms with Crippen LogP contribution in [0.3, 0.4) is 0 Å². The van der Waals surface area contributed by atoms with Crippen molar-refractivity contribution in [3.05, 3.63) is 344 Å². The van der Waals surface area contributed by atoms with E-state index in [1.165, 1.54) is 49.8 Å². The maximum absolute atomic E-state index is 10.4. The normalized spacial score (nSPS) is 12.1. The van der Waals surface area contributed by atoms with Gasteiger partial charge in [0.2, 0.25) is 0 Å². The van der Waals surface area contributed by atoms with Crippen LogP contribution in [0.5, 0.6) is 0 Å². The molecule has 0 radical (unpaired) electrons. The second-order valence-corrected chi connectivity index (χ2v) is 24.7. The predicted molar refractivity (Wildman–Crippen MR) is 393 cm³/mol. The summed E-state index contributed by atoms with van der Waals surface area (Å²) in [5.41, 5.74) is 31.6. The molecule has 0 spiro atoms. The standard InChI is InChI=1S/C88H58BN5/c1-57-28-42-73(70(48-57)56-90)68-37-45-82(76(51-68)74-43-29-58(2)49-80(74)91-3)94-81-27-17-16-26-75(81)77-50-65(34-44-83(77)94)69-54-86-88-87(55-69)93(72-40-32-64(33-41-72)60-20-10-5-11-21-60)85-47-36-67(62-24-14-7-15-25-62)53-79(85)89(88)78-52-66(61-22-12-6-13-23-61)35-46-84(78)92(86)71-38-30-63(31-39-71)59-18-8-4-9-19-59/h4-55H,1-2H3. The van der Waals surface area contributed by atoms with Crippen molar-refractivity contribution in [2.45, 2.75) is 13.8 Å². The topological polar surface area (TPSA) is 39.6 Å². The van der Waals surface area contributed by atoms with Gasteiger partial charge in [-0.15, -0.1) is 0 Å². The Balaban J connectivity index is 0.924. The molecule has 0 bridgehead atoms. The van der Waals surface area contributed by atoms with Crippen LogP contribution >= 0.6 is 0 Å². The van der Waals surface area contributed by atoms with Gasteiger partial charge in [0, 0.05) is 44.9 Å². The summed E-state index contributed by atoms with van der Waals surface area (Å²) in [5.74, 6) is 0. The number of para-hydroxylation sites is 1. The van der Waals surface area contributed by atoms with Crippen LogP contribution in [0.4, 0.5) is 39.8 Å². The van der Waals surface area contributed by atoms with Crippen LogP contribution in [0, 0.1) is 31.8 Å². The van der Waals surface area contributed by atoms with Crippen LogP contribution in [0.15, 0.2) is 315 Å². The number of hydrogen-bond acceptors (Lipinski definition) is 3. The summed E-state index contributed by atoms with van der Waals surface area (Å²) in [6.07, 6.45) is 0. The predicted octanol–water partition coefficient (Wildman–Crippen LogP) is 21.6. The van der Waals surface area contributed by atoms with Crippen LogP contribution in [-0.2, 0) is 0 Å². The van der Waals surface area contributed by atoms with Gasteiger partial charge in [-0.05, 0) is 199 Å². The van der Waals surface area contributed by atoms with E-state index in [-0.39, 0.29) is 6.71 Å². The van der Waals surface area contributed by atoms with Gasteiger partial charge in [-0.25, -0.2) is 4.85 Å². The number of hydrogen-bond donors (Lipinski definition) is 0. The highest BCUT2D eigenvalue weighted by molar-refractivity contribution is 7.00. The highest BCUT2D eigenvalue weighted by Crippen LogP contribution is 2.49. The van der Waals surface area contributed by atoms with Crippen molar-refractivity contribution in [3.63, 3.8) is 0 Å². The van der Waals surface area contributed by atoms with E-state index in [1.54, 1.807) is 0 Å². The molecular weight excluding hydrogens is 1140 g/mol. The molecule has 0 fully saturated rings. The highest BCUT2D eigenvalue weighted by atomic mass is 15.2. The summed E-state index contributed by atoms with van der Waals surface area (Å²) in [4.78, 5) is 9.17. The first-order valence-electron chi connectivity index (χ1n) is 32.0. The molecular formula is C88H58BN5. The fourth-order valence-electron chi connectivity index (χ4n) is 14.7. The van der Waals surface area contributed by atoms with Crippen LogP contribution in [-0.4, -0.2) is 11.3 Å². The summed E-state index contributed by atoms with van der Waals surface area (Å²) >= 11 is 0. The molecule has 0 aliphatic carbocycles. The Bertz CT molecular complexity index is 5390. The maximum atomic E-state index is 10.4. The quantitative estimate of drug-likeness (QED) is 0.101. The van der Waals surface area contributed by atoms with Crippen molar-refractivity contribution in [1.82, 2.24) is 4.57 Å². The number of fused-ring (bicyclic) bond motifs is 7.